The number of carbonyl (C=O) groups is 2. The van der Waals surface area contributed by atoms with E-state index >= 15 is 0 Å². The number of hydrogen-bond donors (Lipinski definition) is 2. The zero-order valence-corrected chi connectivity index (χ0v) is 18.2. The van der Waals surface area contributed by atoms with Crippen LogP contribution < -0.4 is 16.4 Å². The van der Waals surface area contributed by atoms with Gasteiger partial charge >= 0.3 is 0 Å². The fraction of sp³-hybridized carbons (Fsp3) is 0.136. The number of aromatic nitrogens is 4. The van der Waals surface area contributed by atoms with Crippen LogP contribution in [0, 0.1) is 0 Å². The van der Waals surface area contributed by atoms with E-state index in [1.807, 2.05) is 36.6 Å². The number of hydrogen-bond acceptors (Lipinski definition) is 6. The topological polar surface area (TPSA) is 111 Å². The summed E-state index contributed by atoms with van der Waals surface area (Å²) >= 11 is 1.40. The Morgan fingerprint density at radius 3 is 2.31 bits per heavy atom. The van der Waals surface area contributed by atoms with E-state index in [1.54, 1.807) is 35.8 Å². The van der Waals surface area contributed by atoms with Crippen LogP contribution in [0.2, 0.25) is 0 Å². The number of benzene rings is 2. The second kappa shape index (κ2) is 9.06. The molecule has 0 aliphatic rings. The monoisotopic (exact) mass is 448 g/mol. The molecule has 9 nitrogen and oxygen atoms in total. The Bertz CT molecular complexity index is 1360. The predicted octanol–water partition coefficient (Wildman–Crippen LogP) is 2.40. The molecule has 0 bridgehead atoms. The maximum absolute atomic E-state index is 12.9. The Hall–Kier alpha value is -3.92. The number of thioether (sulfide) groups is 1. The molecule has 0 fully saturated rings. The summed E-state index contributed by atoms with van der Waals surface area (Å²) in [4.78, 5) is 42.5. The summed E-state index contributed by atoms with van der Waals surface area (Å²) in [7, 11) is 0. The minimum absolute atomic E-state index is 0.0451. The van der Waals surface area contributed by atoms with E-state index in [4.69, 9.17) is 0 Å². The number of rotatable bonds is 5. The van der Waals surface area contributed by atoms with Crippen molar-refractivity contribution in [1.82, 2.24) is 30.2 Å². The minimum atomic E-state index is -0.632. The molecule has 2 aromatic heterocycles. The van der Waals surface area contributed by atoms with Gasteiger partial charge in [0.05, 0.1) is 11.6 Å². The Morgan fingerprint density at radius 2 is 1.62 bits per heavy atom. The average Bonchev–Trinajstić information content (AvgIpc) is 3.27. The smallest absolute Gasteiger partial charge is 0.283 e. The van der Waals surface area contributed by atoms with Crippen molar-refractivity contribution in [3.05, 3.63) is 82.5 Å². The van der Waals surface area contributed by atoms with Gasteiger partial charge in [-0.3, -0.25) is 29.8 Å². The molecule has 0 aliphatic carbocycles. The van der Waals surface area contributed by atoms with Gasteiger partial charge in [-0.15, -0.1) is 0 Å². The summed E-state index contributed by atoms with van der Waals surface area (Å²) in [5, 5.41) is 5.60. The largest absolute Gasteiger partial charge is 0.290 e. The van der Waals surface area contributed by atoms with Crippen molar-refractivity contribution in [3.63, 3.8) is 0 Å². The van der Waals surface area contributed by atoms with Crippen molar-refractivity contribution in [2.45, 2.75) is 18.6 Å². The van der Waals surface area contributed by atoms with Crippen LogP contribution in [0.5, 0.6) is 0 Å². The lowest BCUT2D eigenvalue weighted by Gasteiger charge is -2.13. The Labute approximate surface area is 187 Å². The molecule has 0 saturated heterocycles. The summed E-state index contributed by atoms with van der Waals surface area (Å²) in [5.41, 5.74) is 5.63. The molecule has 4 aromatic rings. The summed E-state index contributed by atoms with van der Waals surface area (Å²) in [6.45, 7) is 2.07. The van der Waals surface area contributed by atoms with Crippen LogP contribution in [0.15, 0.2) is 70.7 Å². The zero-order valence-electron chi connectivity index (χ0n) is 17.4. The first-order chi connectivity index (χ1) is 15.5. The first kappa shape index (κ1) is 21.3. The van der Waals surface area contributed by atoms with Crippen molar-refractivity contribution >= 4 is 34.3 Å². The van der Waals surface area contributed by atoms with Gasteiger partial charge in [0.15, 0.2) is 10.9 Å². The lowest BCUT2D eigenvalue weighted by molar-refractivity contribution is 0.0839. The maximum atomic E-state index is 12.9. The molecule has 32 heavy (non-hydrogen) atoms. The van der Waals surface area contributed by atoms with E-state index < -0.39 is 11.8 Å². The van der Waals surface area contributed by atoms with Crippen molar-refractivity contribution < 1.29 is 9.59 Å². The lowest BCUT2D eigenvalue weighted by Crippen LogP contribution is -2.43. The van der Waals surface area contributed by atoms with E-state index in [0.29, 0.717) is 22.5 Å². The standard InChI is InChI=1S/C22H20N6O3S/c1-3-27-21(31)16-12-8-7-11-15(16)18(26-27)20(30)25-24-19(29)17-13-23-22(32-2)28(17)14-9-5-4-6-10-14/h4-13H,3H2,1-2H3,(H,24,29)(H,25,30). The highest BCUT2D eigenvalue weighted by Crippen LogP contribution is 2.21. The molecule has 0 unspecified atom stereocenters. The number of para-hydroxylation sites is 1. The van der Waals surface area contributed by atoms with Gasteiger partial charge in [-0.2, -0.15) is 5.10 Å². The van der Waals surface area contributed by atoms with Gasteiger partial charge in [0.1, 0.15) is 5.69 Å². The number of nitrogens with one attached hydrogen (secondary N) is 2. The number of nitrogens with zero attached hydrogens (tertiary/aromatic N) is 4. The van der Waals surface area contributed by atoms with Crippen molar-refractivity contribution in [2.24, 2.45) is 0 Å². The summed E-state index contributed by atoms with van der Waals surface area (Å²) in [6.07, 6.45) is 3.32. The van der Waals surface area contributed by atoms with E-state index in [0.717, 1.165) is 5.69 Å². The van der Waals surface area contributed by atoms with Crippen molar-refractivity contribution in [1.29, 1.82) is 0 Å². The Morgan fingerprint density at radius 1 is 0.969 bits per heavy atom. The fourth-order valence-electron chi connectivity index (χ4n) is 3.32. The fourth-order valence-corrected chi connectivity index (χ4v) is 3.86. The molecule has 0 saturated carbocycles. The van der Waals surface area contributed by atoms with E-state index in [1.165, 1.54) is 22.6 Å². The number of hydrazine groups is 1. The van der Waals surface area contributed by atoms with E-state index in [2.05, 4.69) is 20.9 Å². The van der Waals surface area contributed by atoms with Crippen LogP contribution in [0.3, 0.4) is 0 Å². The molecular formula is C22H20N6O3S. The van der Waals surface area contributed by atoms with Crippen LogP contribution in [0.1, 0.15) is 27.9 Å². The molecule has 4 rings (SSSR count). The summed E-state index contributed by atoms with van der Waals surface area (Å²) in [6, 6.07) is 16.1. The third-order valence-electron chi connectivity index (χ3n) is 4.83. The van der Waals surface area contributed by atoms with Gasteiger partial charge in [-0.05, 0) is 31.4 Å². The molecule has 10 heteroatoms. The molecule has 2 aromatic carbocycles. The normalized spacial score (nSPS) is 10.8. The summed E-state index contributed by atoms with van der Waals surface area (Å²) in [5.74, 6) is -1.17. The van der Waals surface area contributed by atoms with Crippen molar-refractivity contribution in [2.75, 3.05) is 6.26 Å². The Balaban J connectivity index is 1.62. The van der Waals surface area contributed by atoms with Gasteiger partial charge in [-0.1, -0.05) is 48.2 Å². The maximum Gasteiger partial charge on any atom is 0.290 e. The Kier molecular flexibility index (Phi) is 6.04. The average molecular weight is 449 g/mol. The molecule has 2 N–H and O–H groups in total. The first-order valence-corrected chi connectivity index (χ1v) is 11.0. The number of carbonyl (C=O) groups excluding carboxylic acids is 2. The van der Waals surface area contributed by atoms with Gasteiger partial charge in [0.25, 0.3) is 17.4 Å². The minimum Gasteiger partial charge on any atom is -0.283 e. The first-order valence-electron chi connectivity index (χ1n) is 9.82. The van der Waals surface area contributed by atoms with Gasteiger partial charge < -0.3 is 0 Å². The third-order valence-corrected chi connectivity index (χ3v) is 5.48. The van der Waals surface area contributed by atoms with Gasteiger partial charge in [-0.25, -0.2) is 9.67 Å². The van der Waals surface area contributed by atoms with Crippen molar-refractivity contribution in [3.8, 4) is 5.69 Å². The van der Waals surface area contributed by atoms with Crippen LogP contribution >= 0.6 is 11.8 Å². The second-order valence-corrected chi connectivity index (χ2v) is 7.50. The number of fused-ring (bicyclic) bond motifs is 1. The highest BCUT2D eigenvalue weighted by Gasteiger charge is 2.20. The quantitative estimate of drug-likeness (QED) is 0.358. The van der Waals surface area contributed by atoms with Crippen LogP contribution in [-0.2, 0) is 6.54 Å². The van der Waals surface area contributed by atoms with Crippen LogP contribution in [0.25, 0.3) is 16.5 Å². The molecule has 0 spiro atoms. The third kappa shape index (κ3) is 3.87. The molecule has 162 valence electrons. The number of amides is 2. The summed E-state index contributed by atoms with van der Waals surface area (Å²) < 4.78 is 2.92. The molecule has 2 amide bonds. The predicted molar refractivity (Wildman–Crippen MR) is 122 cm³/mol. The second-order valence-electron chi connectivity index (χ2n) is 6.72. The highest BCUT2D eigenvalue weighted by atomic mass is 32.2. The highest BCUT2D eigenvalue weighted by molar-refractivity contribution is 7.98. The van der Waals surface area contributed by atoms with Crippen LogP contribution in [-0.4, -0.2) is 37.4 Å². The molecule has 0 aliphatic heterocycles. The van der Waals surface area contributed by atoms with E-state index in [-0.39, 0.29) is 16.9 Å². The van der Waals surface area contributed by atoms with E-state index in [9.17, 15) is 14.4 Å². The zero-order chi connectivity index (χ0) is 22.7. The number of imidazole rings is 1. The van der Waals surface area contributed by atoms with Crippen LogP contribution in [0.4, 0.5) is 0 Å². The SMILES string of the molecule is CCn1nc(C(=O)NNC(=O)c2cnc(SC)n2-c2ccccc2)c2ccccc2c1=O. The molecule has 0 radical (unpaired) electrons. The molecular weight excluding hydrogens is 428 g/mol. The van der Waals surface area contributed by atoms with Gasteiger partial charge in [0.2, 0.25) is 0 Å². The number of aryl methyl sites for hydroxylation is 1. The molecule has 0 atom stereocenters. The van der Waals surface area contributed by atoms with Gasteiger partial charge in [0, 0.05) is 17.6 Å². The molecule has 2 heterocycles. The lowest BCUT2D eigenvalue weighted by atomic mass is 10.1.